The van der Waals surface area contributed by atoms with E-state index >= 15 is 0 Å². The van der Waals surface area contributed by atoms with Crippen LogP contribution in [-0.4, -0.2) is 31.1 Å². The Bertz CT molecular complexity index is 736. The Morgan fingerprint density at radius 1 is 1.08 bits per heavy atom. The van der Waals surface area contributed by atoms with Gasteiger partial charge in [0.2, 0.25) is 0 Å². The molecule has 1 aliphatic rings. The van der Waals surface area contributed by atoms with Gasteiger partial charge in [-0.1, -0.05) is 19.3 Å². The molecule has 2 N–H and O–H groups in total. The van der Waals surface area contributed by atoms with Gasteiger partial charge in [-0.25, -0.2) is 0 Å². The van der Waals surface area contributed by atoms with E-state index in [0.717, 1.165) is 18.6 Å². The summed E-state index contributed by atoms with van der Waals surface area (Å²) < 4.78 is 5.24. The first-order chi connectivity index (χ1) is 11.5. The van der Waals surface area contributed by atoms with Crippen LogP contribution < -0.4 is 21.5 Å². The highest BCUT2D eigenvalue weighted by Crippen LogP contribution is 2.32. The highest BCUT2D eigenvalue weighted by atomic mass is 16.3. The van der Waals surface area contributed by atoms with E-state index in [9.17, 15) is 9.59 Å². The highest BCUT2D eigenvalue weighted by molar-refractivity contribution is 5.74. The minimum Gasteiger partial charge on any atom is -0.467 e. The van der Waals surface area contributed by atoms with E-state index in [1.807, 2.05) is 6.07 Å². The van der Waals surface area contributed by atoms with Crippen molar-refractivity contribution in [1.29, 1.82) is 0 Å². The first-order valence-corrected chi connectivity index (χ1v) is 8.54. The summed E-state index contributed by atoms with van der Waals surface area (Å²) in [6.45, 7) is 1.08. The van der Waals surface area contributed by atoms with Gasteiger partial charge in [0.1, 0.15) is 17.1 Å². The van der Waals surface area contributed by atoms with Crippen LogP contribution in [0.5, 0.6) is 0 Å². The number of rotatable bonds is 7. The lowest BCUT2D eigenvalue weighted by Gasteiger charge is -2.43. The Labute approximate surface area is 141 Å². The molecule has 130 valence electrons. The van der Waals surface area contributed by atoms with Crippen molar-refractivity contribution < 1.29 is 4.42 Å². The summed E-state index contributed by atoms with van der Waals surface area (Å²) in [7, 11) is 4.18. The second kappa shape index (κ2) is 6.81. The molecule has 0 atom stereocenters. The normalized spacial score (nSPS) is 17.3. The summed E-state index contributed by atoms with van der Waals surface area (Å²) in [6, 6.07) is 3.62. The standard InChI is InChI=1S/C18H25N3O3/c1-21(2)18(8-4-3-5-9-18)12-20-15-14(16(22)17(15)23)19-11-13-7-6-10-24-13/h6-7,10,19-20H,3-5,8-9,11-12H2,1-2H3. The maximum atomic E-state index is 11.9. The van der Waals surface area contributed by atoms with Gasteiger partial charge in [0, 0.05) is 12.1 Å². The third-order valence-corrected chi connectivity index (χ3v) is 5.26. The molecule has 0 bridgehead atoms. The fraction of sp³-hybridized carbons (Fsp3) is 0.556. The van der Waals surface area contributed by atoms with Gasteiger partial charge in [0.05, 0.1) is 12.8 Å². The van der Waals surface area contributed by atoms with Crippen molar-refractivity contribution >= 4 is 11.4 Å². The molecule has 1 aromatic heterocycles. The number of anilines is 2. The molecule has 1 heterocycles. The molecule has 3 rings (SSSR count). The maximum absolute atomic E-state index is 11.9. The first kappa shape index (κ1) is 16.8. The summed E-state index contributed by atoms with van der Waals surface area (Å²) >= 11 is 0. The van der Waals surface area contributed by atoms with E-state index in [0.29, 0.717) is 24.5 Å². The van der Waals surface area contributed by atoms with Crippen LogP contribution in [0.4, 0.5) is 11.4 Å². The average Bonchev–Trinajstić information content (AvgIpc) is 3.11. The summed E-state index contributed by atoms with van der Waals surface area (Å²) in [6.07, 6.45) is 7.48. The molecule has 1 aliphatic carbocycles. The maximum Gasteiger partial charge on any atom is 0.253 e. The predicted octanol–water partition coefficient (Wildman–Crippen LogP) is 2.16. The largest absolute Gasteiger partial charge is 0.467 e. The van der Waals surface area contributed by atoms with E-state index in [2.05, 4.69) is 29.6 Å². The number of hydrogen-bond acceptors (Lipinski definition) is 6. The molecule has 2 aromatic rings. The topological polar surface area (TPSA) is 74.6 Å². The van der Waals surface area contributed by atoms with Crippen LogP contribution in [0.1, 0.15) is 37.9 Å². The van der Waals surface area contributed by atoms with Gasteiger partial charge < -0.3 is 20.0 Å². The molecule has 0 unspecified atom stereocenters. The molecule has 0 radical (unpaired) electrons. The summed E-state index contributed by atoms with van der Waals surface area (Å²) in [4.78, 5) is 26.0. The van der Waals surface area contributed by atoms with E-state index in [-0.39, 0.29) is 5.54 Å². The van der Waals surface area contributed by atoms with Gasteiger partial charge in [-0.2, -0.15) is 0 Å². The molecule has 1 saturated carbocycles. The van der Waals surface area contributed by atoms with Gasteiger partial charge >= 0.3 is 0 Å². The predicted molar refractivity (Wildman–Crippen MR) is 95.4 cm³/mol. The summed E-state index contributed by atoms with van der Waals surface area (Å²) in [5.74, 6) is 0.728. The van der Waals surface area contributed by atoms with Gasteiger partial charge in [-0.05, 0) is 39.1 Å². The van der Waals surface area contributed by atoms with Gasteiger partial charge in [0.25, 0.3) is 10.9 Å². The highest BCUT2D eigenvalue weighted by Gasteiger charge is 2.35. The van der Waals surface area contributed by atoms with Crippen molar-refractivity contribution in [2.24, 2.45) is 0 Å². The molecule has 1 aromatic carbocycles. The molecule has 0 saturated heterocycles. The van der Waals surface area contributed by atoms with Crippen LogP contribution in [0.3, 0.4) is 0 Å². The summed E-state index contributed by atoms with van der Waals surface area (Å²) in [5.41, 5.74) is -0.0382. The minimum atomic E-state index is -0.452. The molecule has 1 fully saturated rings. The lowest BCUT2D eigenvalue weighted by atomic mass is 9.80. The zero-order chi connectivity index (χ0) is 17.2. The fourth-order valence-electron chi connectivity index (χ4n) is 3.56. The van der Waals surface area contributed by atoms with Gasteiger partial charge in [-0.15, -0.1) is 0 Å². The molecule has 0 amide bonds. The Morgan fingerprint density at radius 3 is 2.33 bits per heavy atom. The van der Waals surface area contributed by atoms with Crippen LogP contribution in [0, 0.1) is 0 Å². The number of furan rings is 1. The van der Waals surface area contributed by atoms with E-state index in [1.54, 1.807) is 12.3 Å². The number of likely N-dealkylation sites (N-methyl/N-ethyl adjacent to an activating group) is 1. The Kier molecular flexibility index (Phi) is 4.76. The van der Waals surface area contributed by atoms with E-state index < -0.39 is 10.9 Å². The Morgan fingerprint density at radius 2 is 1.75 bits per heavy atom. The lowest BCUT2D eigenvalue weighted by Crippen LogP contribution is -2.52. The Balaban J connectivity index is 1.67. The van der Waals surface area contributed by atoms with E-state index in [1.165, 1.54) is 19.3 Å². The van der Waals surface area contributed by atoms with Crippen LogP contribution in [0.2, 0.25) is 0 Å². The van der Waals surface area contributed by atoms with Crippen LogP contribution in [-0.2, 0) is 6.54 Å². The number of hydrogen-bond donors (Lipinski definition) is 2. The van der Waals surface area contributed by atoms with E-state index in [4.69, 9.17) is 4.42 Å². The van der Waals surface area contributed by atoms with Crippen molar-refractivity contribution in [3.8, 4) is 0 Å². The third kappa shape index (κ3) is 3.11. The quantitative estimate of drug-likeness (QED) is 0.758. The molecule has 24 heavy (non-hydrogen) atoms. The van der Waals surface area contributed by atoms with Crippen molar-refractivity contribution in [2.75, 3.05) is 31.3 Å². The number of nitrogens with one attached hydrogen (secondary N) is 2. The fourth-order valence-corrected chi connectivity index (χ4v) is 3.56. The van der Waals surface area contributed by atoms with Crippen molar-refractivity contribution in [1.82, 2.24) is 4.90 Å². The molecular formula is C18H25N3O3. The lowest BCUT2D eigenvalue weighted by molar-refractivity contribution is 0.113. The molecular weight excluding hydrogens is 306 g/mol. The molecule has 0 aliphatic heterocycles. The van der Waals surface area contributed by atoms with Crippen LogP contribution >= 0.6 is 0 Å². The second-order valence-electron chi connectivity index (χ2n) is 6.87. The van der Waals surface area contributed by atoms with Gasteiger partial charge in [0.15, 0.2) is 0 Å². The smallest absolute Gasteiger partial charge is 0.253 e. The Hall–Kier alpha value is -2.08. The molecule has 6 heteroatoms. The average molecular weight is 331 g/mol. The minimum absolute atomic E-state index is 0.0519. The molecule has 0 spiro atoms. The van der Waals surface area contributed by atoms with Crippen LogP contribution in [0.25, 0.3) is 0 Å². The number of nitrogens with zero attached hydrogens (tertiary/aromatic N) is 1. The third-order valence-electron chi connectivity index (χ3n) is 5.26. The van der Waals surface area contributed by atoms with Gasteiger partial charge in [-0.3, -0.25) is 9.59 Å². The van der Waals surface area contributed by atoms with Crippen molar-refractivity contribution in [2.45, 2.75) is 44.2 Å². The van der Waals surface area contributed by atoms with Crippen molar-refractivity contribution in [3.05, 3.63) is 44.6 Å². The zero-order valence-electron chi connectivity index (χ0n) is 14.4. The summed E-state index contributed by atoms with van der Waals surface area (Å²) in [5, 5.41) is 6.27. The zero-order valence-corrected chi connectivity index (χ0v) is 14.4. The van der Waals surface area contributed by atoms with Crippen molar-refractivity contribution in [3.63, 3.8) is 0 Å². The molecule has 6 nitrogen and oxygen atoms in total. The monoisotopic (exact) mass is 331 g/mol. The first-order valence-electron chi connectivity index (χ1n) is 8.54. The second-order valence-corrected chi connectivity index (χ2v) is 6.87. The van der Waals surface area contributed by atoms with Crippen LogP contribution in [0.15, 0.2) is 32.4 Å². The SMILES string of the molecule is CN(C)C1(CNc2c(NCc3ccco3)c(=O)c2=O)CCCCC1.